The first kappa shape index (κ1) is 17.6. The highest BCUT2D eigenvalue weighted by molar-refractivity contribution is 5.81. The quantitative estimate of drug-likeness (QED) is 0.796. The summed E-state index contributed by atoms with van der Waals surface area (Å²) in [6, 6.07) is 7.75. The van der Waals surface area contributed by atoms with Crippen molar-refractivity contribution in [2.24, 2.45) is 23.2 Å². The molecule has 4 fully saturated rings. The molecule has 140 valence electrons. The van der Waals surface area contributed by atoms with Crippen LogP contribution in [-0.2, 0) is 20.7 Å². The maximum atomic E-state index is 12.2. The molecule has 0 unspecified atom stereocenters. The van der Waals surface area contributed by atoms with Gasteiger partial charge in [-0.25, -0.2) is 0 Å². The van der Waals surface area contributed by atoms with Gasteiger partial charge in [-0.1, -0.05) is 24.3 Å². The van der Waals surface area contributed by atoms with Crippen molar-refractivity contribution in [1.29, 1.82) is 0 Å². The van der Waals surface area contributed by atoms with E-state index in [0.717, 1.165) is 35.4 Å². The minimum Gasteiger partial charge on any atom is -0.455 e. The minimum absolute atomic E-state index is 0.168. The van der Waals surface area contributed by atoms with E-state index in [0.29, 0.717) is 5.41 Å². The van der Waals surface area contributed by atoms with Crippen LogP contribution in [0.1, 0.15) is 49.7 Å². The van der Waals surface area contributed by atoms with Gasteiger partial charge < -0.3 is 10.1 Å². The predicted octanol–water partition coefficient (Wildman–Crippen LogP) is 3.41. The summed E-state index contributed by atoms with van der Waals surface area (Å²) in [6.45, 7) is 2.56. The van der Waals surface area contributed by atoms with E-state index in [9.17, 15) is 9.59 Å². The highest BCUT2D eigenvalue weighted by Crippen LogP contribution is 2.59. The van der Waals surface area contributed by atoms with Crippen molar-refractivity contribution >= 4 is 11.9 Å². The SMILES string of the molecule is Cc1ccccc1CC(=O)OCC(=O)NCC12CC3CC(CC(C3)C1)C2. The van der Waals surface area contributed by atoms with E-state index in [1.165, 1.54) is 38.5 Å². The first-order valence-electron chi connectivity index (χ1n) is 9.98. The van der Waals surface area contributed by atoms with E-state index < -0.39 is 0 Å². The first-order valence-corrected chi connectivity index (χ1v) is 9.98. The van der Waals surface area contributed by atoms with Crippen molar-refractivity contribution in [2.75, 3.05) is 13.2 Å². The Morgan fingerprint density at radius 3 is 2.31 bits per heavy atom. The van der Waals surface area contributed by atoms with Crippen LogP contribution in [0.4, 0.5) is 0 Å². The monoisotopic (exact) mass is 355 g/mol. The Balaban J connectivity index is 1.22. The van der Waals surface area contributed by atoms with Gasteiger partial charge >= 0.3 is 5.97 Å². The van der Waals surface area contributed by atoms with E-state index in [2.05, 4.69) is 5.32 Å². The largest absolute Gasteiger partial charge is 0.455 e. The van der Waals surface area contributed by atoms with Crippen LogP contribution in [-0.4, -0.2) is 25.0 Å². The third kappa shape index (κ3) is 3.79. The van der Waals surface area contributed by atoms with Crippen LogP contribution in [0.3, 0.4) is 0 Å². The van der Waals surface area contributed by atoms with Gasteiger partial charge in [0.15, 0.2) is 6.61 Å². The number of carbonyl (C=O) groups is 2. The molecule has 4 heteroatoms. The van der Waals surface area contributed by atoms with E-state index >= 15 is 0 Å². The highest BCUT2D eigenvalue weighted by atomic mass is 16.5. The number of rotatable bonds is 6. The zero-order valence-electron chi connectivity index (χ0n) is 15.6. The number of amides is 1. The Morgan fingerprint density at radius 2 is 1.69 bits per heavy atom. The number of ether oxygens (including phenoxy) is 1. The van der Waals surface area contributed by atoms with Gasteiger partial charge in [0.2, 0.25) is 0 Å². The molecular formula is C22H29NO3. The molecule has 0 radical (unpaired) electrons. The lowest BCUT2D eigenvalue weighted by molar-refractivity contribution is -0.148. The van der Waals surface area contributed by atoms with Crippen molar-refractivity contribution in [3.8, 4) is 0 Å². The molecule has 1 N–H and O–H groups in total. The lowest BCUT2D eigenvalue weighted by Crippen LogP contribution is -2.51. The number of esters is 1. The van der Waals surface area contributed by atoms with Crippen LogP contribution in [0.15, 0.2) is 24.3 Å². The molecular weight excluding hydrogens is 326 g/mol. The molecule has 4 nitrogen and oxygen atoms in total. The Kier molecular flexibility index (Phi) is 4.76. The summed E-state index contributed by atoms with van der Waals surface area (Å²) in [5.74, 6) is 2.13. The number of carbonyl (C=O) groups excluding carboxylic acids is 2. The fourth-order valence-corrected chi connectivity index (χ4v) is 6.00. The number of hydrogen-bond acceptors (Lipinski definition) is 3. The zero-order valence-corrected chi connectivity index (χ0v) is 15.6. The predicted molar refractivity (Wildman–Crippen MR) is 99.5 cm³/mol. The minimum atomic E-state index is -0.343. The van der Waals surface area contributed by atoms with E-state index in [4.69, 9.17) is 4.74 Å². The molecule has 0 saturated heterocycles. The van der Waals surface area contributed by atoms with E-state index in [-0.39, 0.29) is 24.9 Å². The topological polar surface area (TPSA) is 55.4 Å². The lowest BCUT2D eigenvalue weighted by atomic mass is 9.49. The lowest BCUT2D eigenvalue weighted by Gasteiger charge is -2.56. The van der Waals surface area contributed by atoms with Gasteiger partial charge in [-0.2, -0.15) is 0 Å². The Hall–Kier alpha value is -1.84. The molecule has 1 amide bonds. The van der Waals surface area contributed by atoms with E-state index in [1.807, 2.05) is 31.2 Å². The molecule has 0 atom stereocenters. The molecule has 1 aromatic rings. The smallest absolute Gasteiger partial charge is 0.310 e. The summed E-state index contributed by atoms with van der Waals surface area (Å²) in [5, 5.41) is 3.05. The molecule has 0 heterocycles. The molecule has 4 aliphatic rings. The normalized spacial score (nSPS) is 31.7. The summed E-state index contributed by atoms with van der Waals surface area (Å²) in [5.41, 5.74) is 2.33. The van der Waals surface area contributed by atoms with Crippen molar-refractivity contribution in [2.45, 2.75) is 51.9 Å². The molecule has 0 aliphatic heterocycles. The summed E-state index contributed by atoms with van der Waals surface area (Å²) < 4.78 is 5.18. The summed E-state index contributed by atoms with van der Waals surface area (Å²) in [6.07, 6.45) is 8.25. The van der Waals surface area contributed by atoms with Gasteiger partial charge in [-0.05, 0) is 79.7 Å². The van der Waals surface area contributed by atoms with E-state index in [1.54, 1.807) is 0 Å². The molecule has 1 aromatic carbocycles. The first-order chi connectivity index (χ1) is 12.5. The number of nitrogens with one attached hydrogen (secondary N) is 1. The maximum Gasteiger partial charge on any atom is 0.310 e. The van der Waals surface area contributed by atoms with Crippen molar-refractivity contribution in [3.05, 3.63) is 35.4 Å². The Bertz CT molecular complexity index is 661. The number of benzene rings is 1. The van der Waals surface area contributed by atoms with Crippen molar-refractivity contribution < 1.29 is 14.3 Å². The molecule has 0 spiro atoms. The summed E-state index contributed by atoms with van der Waals surface area (Å²) >= 11 is 0. The van der Waals surface area contributed by atoms with Gasteiger partial charge in [-0.15, -0.1) is 0 Å². The molecule has 5 rings (SSSR count). The van der Waals surface area contributed by atoms with Crippen LogP contribution < -0.4 is 5.32 Å². The van der Waals surface area contributed by atoms with Crippen LogP contribution in [0.5, 0.6) is 0 Å². The molecule has 4 aliphatic carbocycles. The summed E-state index contributed by atoms with van der Waals surface area (Å²) in [4.78, 5) is 24.2. The number of hydrogen-bond donors (Lipinski definition) is 1. The molecule has 26 heavy (non-hydrogen) atoms. The van der Waals surface area contributed by atoms with Gasteiger partial charge in [0, 0.05) is 6.54 Å². The molecule has 4 saturated carbocycles. The Labute approximate surface area is 155 Å². The van der Waals surface area contributed by atoms with Crippen LogP contribution in [0.2, 0.25) is 0 Å². The average Bonchev–Trinajstić information content (AvgIpc) is 2.59. The maximum absolute atomic E-state index is 12.2. The Morgan fingerprint density at radius 1 is 1.08 bits per heavy atom. The fourth-order valence-electron chi connectivity index (χ4n) is 6.00. The van der Waals surface area contributed by atoms with Gasteiger partial charge in [0.1, 0.15) is 0 Å². The van der Waals surface area contributed by atoms with Crippen molar-refractivity contribution in [1.82, 2.24) is 5.32 Å². The van der Waals surface area contributed by atoms with Crippen LogP contribution >= 0.6 is 0 Å². The molecule has 0 aromatic heterocycles. The second kappa shape index (κ2) is 7.05. The average molecular weight is 355 g/mol. The van der Waals surface area contributed by atoms with Gasteiger partial charge in [0.05, 0.1) is 6.42 Å². The third-order valence-corrected chi connectivity index (χ3v) is 6.79. The highest BCUT2D eigenvalue weighted by Gasteiger charge is 2.50. The second-order valence-corrected chi connectivity index (χ2v) is 8.96. The third-order valence-electron chi connectivity index (χ3n) is 6.79. The van der Waals surface area contributed by atoms with Gasteiger partial charge in [-0.3, -0.25) is 9.59 Å². The van der Waals surface area contributed by atoms with Crippen LogP contribution in [0.25, 0.3) is 0 Å². The standard InChI is InChI=1S/C22H29NO3/c1-15-4-2-3-5-19(15)9-21(25)26-13-20(24)23-14-22-10-16-6-17(11-22)8-18(7-16)12-22/h2-5,16-18H,6-14H2,1H3,(H,23,24). The summed E-state index contributed by atoms with van der Waals surface area (Å²) in [7, 11) is 0. The fraction of sp³-hybridized carbons (Fsp3) is 0.636. The van der Waals surface area contributed by atoms with Crippen LogP contribution in [0, 0.1) is 30.1 Å². The second-order valence-electron chi connectivity index (χ2n) is 8.96. The van der Waals surface area contributed by atoms with Crippen molar-refractivity contribution in [3.63, 3.8) is 0 Å². The molecule has 4 bridgehead atoms. The number of aryl methyl sites for hydroxylation is 1. The zero-order chi connectivity index (χ0) is 18.1. The van der Waals surface area contributed by atoms with Gasteiger partial charge in [0.25, 0.3) is 5.91 Å².